The van der Waals surface area contributed by atoms with Crippen LogP contribution in [0.25, 0.3) is 0 Å². The average Bonchev–Trinajstić information content (AvgIpc) is 1.65. The van der Waals surface area contributed by atoms with Crippen molar-refractivity contribution in [2.24, 2.45) is 0 Å². The molecule has 0 aromatic rings. The van der Waals surface area contributed by atoms with Crippen LogP contribution in [-0.4, -0.2) is 13.1 Å². The van der Waals surface area contributed by atoms with Crippen LogP contribution in [0, 0.1) is 0 Å². The Kier molecular flexibility index (Phi) is 2.69. The Hall–Kier alpha value is -0.990. The van der Waals surface area contributed by atoms with Crippen LogP contribution in [0.4, 0.5) is 4.79 Å². The maximum absolute atomic E-state index is 10.2. The van der Waals surface area contributed by atoms with E-state index in [0.29, 0.717) is 5.76 Å². The Morgan fingerprint density at radius 1 is 1.75 bits per heavy atom. The lowest BCUT2D eigenvalue weighted by atomic mass is 10.7. The maximum Gasteiger partial charge on any atom is 0.411 e. The van der Waals surface area contributed by atoms with Crippen molar-refractivity contribution >= 4 is 6.09 Å². The molecule has 0 aliphatic heterocycles. The molecule has 0 aliphatic rings. The van der Waals surface area contributed by atoms with Crippen molar-refractivity contribution in [3.63, 3.8) is 0 Å². The smallest absolute Gasteiger partial charge is 0.411 e. The highest BCUT2D eigenvalue weighted by atomic mass is 16.6. The summed E-state index contributed by atoms with van der Waals surface area (Å²) in [6, 6.07) is 0. The molecular weight excluding hydrogens is 106 g/mol. The maximum atomic E-state index is 10.2. The van der Waals surface area contributed by atoms with E-state index in [1.807, 2.05) is 0 Å². The monoisotopic (exact) mass is 115 g/mol. The number of alkyl carbamates (subject to hydrolysis) is 1. The van der Waals surface area contributed by atoms with Crippen molar-refractivity contribution < 1.29 is 9.53 Å². The summed E-state index contributed by atoms with van der Waals surface area (Å²) in [7, 11) is 1.49. The molecule has 1 N–H and O–H groups in total. The predicted octanol–water partition coefficient (Wildman–Crippen LogP) is 0.876. The van der Waals surface area contributed by atoms with Crippen LogP contribution < -0.4 is 5.32 Å². The van der Waals surface area contributed by atoms with Gasteiger partial charge in [0.2, 0.25) is 0 Å². The van der Waals surface area contributed by atoms with Gasteiger partial charge in [-0.05, 0) is 6.92 Å². The summed E-state index contributed by atoms with van der Waals surface area (Å²) in [4.78, 5) is 10.2. The van der Waals surface area contributed by atoms with Crippen LogP contribution >= 0.6 is 0 Å². The molecule has 0 bridgehead atoms. The Morgan fingerprint density at radius 2 is 2.25 bits per heavy atom. The molecule has 0 atom stereocenters. The molecule has 0 radical (unpaired) electrons. The molecule has 3 nitrogen and oxygen atoms in total. The lowest BCUT2D eigenvalue weighted by molar-refractivity contribution is 0.179. The molecule has 0 aliphatic carbocycles. The van der Waals surface area contributed by atoms with E-state index in [9.17, 15) is 4.79 Å². The molecule has 0 spiro atoms. The number of hydrogen-bond acceptors (Lipinski definition) is 2. The Bertz CT molecular complexity index is 109. The number of nitrogens with one attached hydrogen (secondary N) is 1. The summed E-state index contributed by atoms with van der Waals surface area (Å²) in [6.45, 7) is 4.97. The van der Waals surface area contributed by atoms with E-state index < -0.39 is 6.09 Å². The topological polar surface area (TPSA) is 38.3 Å². The minimum absolute atomic E-state index is 0.393. The van der Waals surface area contributed by atoms with Gasteiger partial charge in [-0.15, -0.1) is 0 Å². The minimum atomic E-state index is -0.475. The zero-order valence-corrected chi connectivity index (χ0v) is 5.02. The SMILES string of the molecule is C=C(C)OC(=O)NC. The third-order valence-corrected chi connectivity index (χ3v) is 0.471. The summed E-state index contributed by atoms with van der Waals surface area (Å²) >= 11 is 0. The zero-order valence-electron chi connectivity index (χ0n) is 5.02. The molecule has 0 aromatic heterocycles. The van der Waals surface area contributed by atoms with Crippen LogP contribution in [0.3, 0.4) is 0 Å². The first kappa shape index (κ1) is 7.01. The van der Waals surface area contributed by atoms with Crippen molar-refractivity contribution in [3.05, 3.63) is 12.3 Å². The van der Waals surface area contributed by atoms with Gasteiger partial charge in [0, 0.05) is 7.05 Å². The summed E-state index contributed by atoms with van der Waals surface area (Å²) in [5, 5.41) is 2.27. The second kappa shape index (κ2) is 3.07. The number of carbonyl (C=O) groups is 1. The molecule has 0 aromatic carbocycles. The van der Waals surface area contributed by atoms with Gasteiger partial charge in [-0.1, -0.05) is 6.58 Å². The molecule has 3 heteroatoms. The van der Waals surface area contributed by atoms with Gasteiger partial charge >= 0.3 is 6.09 Å². The quantitative estimate of drug-likeness (QED) is 0.515. The lowest BCUT2D eigenvalue weighted by Crippen LogP contribution is -2.17. The van der Waals surface area contributed by atoms with E-state index in [0.717, 1.165) is 0 Å². The third kappa shape index (κ3) is 3.21. The van der Waals surface area contributed by atoms with Crippen molar-refractivity contribution in [3.8, 4) is 0 Å². The van der Waals surface area contributed by atoms with Gasteiger partial charge in [0.15, 0.2) is 0 Å². The van der Waals surface area contributed by atoms with E-state index >= 15 is 0 Å². The molecule has 0 saturated carbocycles. The summed E-state index contributed by atoms with van der Waals surface area (Å²) in [5.41, 5.74) is 0. The molecule has 0 heterocycles. The second-order valence-corrected chi connectivity index (χ2v) is 1.34. The molecule has 1 amide bonds. The highest BCUT2D eigenvalue weighted by Crippen LogP contribution is 1.88. The number of hydrogen-bond donors (Lipinski definition) is 1. The van der Waals surface area contributed by atoms with Crippen molar-refractivity contribution in [2.45, 2.75) is 6.92 Å². The van der Waals surface area contributed by atoms with E-state index in [1.54, 1.807) is 6.92 Å². The first-order valence-electron chi connectivity index (χ1n) is 2.22. The van der Waals surface area contributed by atoms with Crippen molar-refractivity contribution in [1.29, 1.82) is 0 Å². The van der Waals surface area contributed by atoms with Crippen molar-refractivity contribution in [2.75, 3.05) is 7.05 Å². The largest absolute Gasteiger partial charge is 0.416 e. The fraction of sp³-hybridized carbons (Fsp3) is 0.400. The van der Waals surface area contributed by atoms with Gasteiger partial charge in [-0.25, -0.2) is 4.79 Å². The molecule has 0 saturated heterocycles. The Balaban J connectivity index is 3.40. The van der Waals surface area contributed by atoms with Gasteiger partial charge in [0.05, 0.1) is 5.76 Å². The first-order chi connectivity index (χ1) is 3.66. The summed E-state index contributed by atoms with van der Waals surface area (Å²) in [6.07, 6.45) is -0.475. The lowest BCUT2D eigenvalue weighted by Gasteiger charge is -1.98. The van der Waals surface area contributed by atoms with E-state index in [1.165, 1.54) is 7.05 Å². The minimum Gasteiger partial charge on any atom is -0.416 e. The number of allylic oxidation sites excluding steroid dienone is 1. The Morgan fingerprint density at radius 3 is 2.38 bits per heavy atom. The standard InChI is InChI=1S/C5H9NO2/c1-4(2)8-5(7)6-3/h1H2,2-3H3,(H,6,7). The van der Waals surface area contributed by atoms with Crippen LogP contribution in [-0.2, 0) is 4.74 Å². The van der Waals surface area contributed by atoms with Gasteiger partial charge in [-0.3, -0.25) is 0 Å². The predicted molar refractivity (Wildman–Crippen MR) is 30.4 cm³/mol. The van der Waals surface area contributed by atoms with Crippen molar-refractivity contribution in [1.82, 2.24) is 5.32 Å². The van der Waals surface area contributed by atoms with E-state index in [-0.39, 0.29) is 0 Å². The molecule has 0 unspecified atom stereocenters. The fourth-order valence-corrected chi connectivity index (χ4v) is 0.209. The van der Waals surface area contributed by atoms with Gasteiger partial charge < -0.3 is 10.1 Å². The molecule has 8 heavy (non-hydrogen) atoms. The summed E-state index contributed by atoms with van der Waals surface area (Å²) < 4.78 is 4.45. The molecule has 46 valence electrons. The molecule has 0 fully saturated rings. The third-order valence-electron chi connectivity index (χ3n) is 0.471. The second-order valence-electron chi connectivity index (χ2n) is 1.34. The number of carbonyl (C=O) groups excluding carboxylic acids is 1. The van der Waals surface area contributed by atoms with Crippen LogP contribution in [0.1, 0.15) is 6.92 Å². The van der Waals surface area contributed by atoms with Gasteiger partial charge in [0.25, 0.3) is 0 Å². The highest BCUT2D eigenvalue weighted by molar-refractivity contribution is 5.67. The highest BCUT2D eigenvalue weighted by Gasteiger charge is 1.93. The number of ether oxygens (including phenoxy) is 1. The van der Waals surface area contributed by atoms with E-state index in [4.69, 9.17) is 0 Å². The van der Waals surface area contributed by atoms with Crippen LogP contribution in [0.2, 0.25) is 0 Å². The normalized spacial score (nSPS) is 7.75. The van der Waals surface area contributed by atoms with E-state index in [2.05, 4.69) is 16.6 Å². The number of amides is 1. The zero-order chi connectivity index (χ0) is 6.57. The molecule has 0 rings (SSSR count). The summed E-state index contributed by atoms with van der Waals surface area (Å²) in [5.74, 6) is 0.393. The fourth-order valence-electron chi connectivity index (χ4n) is 0.209. The molecular formula is C5H9NO2. The van der Waals surface area contributed by atoms with Crippen LogP contribution in [0.5, 0.6) is 0 Å². The number of rotatable bonds is 1. The Labute approximate surface area is 48.3 Å². The van der Waals surface area contributed by atoms with Gasteiger partial charge in [0.1, 0.15) is 0 Å². The first-order valence-corrected chi connectivity index (χ1v) is 2.22. The van der Waals surface area contributed by atoms with Crippen LogP contribution in [0.15, 0.2) is 12.3 Å². The van der Waals surface area contributed by atoms with Gasteiger partial charge in [-0.2, -0.15) is 0 Å². The average molecular weight is 115 g/mol.